The summed E-state index contributed by atoms with van der Waals surface area (Å²) in [6.07, 6.45) is 1.84. The average Bonchev–Trinajstić information content (AvgIpc) is 2.67. The molecule has 1 unspecified atom stereocenters. The van der Waals surface area contributed by atoms with Crippen molar-refractivity contribution in [2.45, 2.75) is 32.2 Å². The monoisotopic (exact) mass is 220 g/mol. The summed E-state index contributed by atoms with van der Waals surface area (Å²) < 4.78 is 10.9. The van der Waals surface area contributed by atoms with Crippen LogP contribution in [0.3, 0.4) is 0 Å². The van der Waals surface area contributed by atoms with Gasteiger partial charge in [0.05, 0.1) is 0 Å². The van der Waals surface area contributed by atoms with Crippen LogP contribution in [-0.2, 0) is 15.9 Å². The first kappa shape index (κ1) is 11.0. The lowest BCUT2D eigenvalue weighted by molar-refractivity contribution is -0.0568. The Bertz CT molecular complexity index is 376. The first-order valence-corrected chi connectivity index (χ1v) is 5.35. The van der Waals surface area contributed by atoms with Gasteiger partial charge in [-0.1, -0.05) is 30.3 Å². The van der Waals surface area contributed by atoms with Gasteiger partial charge >= 0.3 is 0 Å². The zero-order chi connectivity index (χ0) is 11.6. The fourth-order valence-electron chi connectivity index (χ4n) is 1.52. The van der Waals surface area contributed by atoms with Gasteiger partial charge < -0.3 is 14.6 Å². The third-order valence-corrected chi connectivity index (χ3v) is 2.43. The van der Waals surface area contributed by atoms with E-state index in [-0.39, 0.29) is 6.29 Å². The molecule has 2 rings (SSSR count). The van der Waals surface area contributed by atoms with Gasteiger partial charge in [-0.15, -0.1) is 0 Å². The van der Waals surface area contributed by atoms with Crippen molar-refractivity contribution in [2.75, 3.05) is 0 Å². The Morgan fingerprint density at radius 2 is 1.94 bits per heavy atom. The van der Waals surface area contributed by atoms with E-state index in [1.807, 2.05) is 30.3 Å². The Hall–Kier alpha value is -1.48. The summed E-state index contributed by atoms with van der Waals surface area (Å²) >= 11 is 0. The molecule has 1 aliphatic rings. The molecule has 0 saturated heterocycles. The van der Waals surface area contributed by atoms with E-state index in [0.717, 1.165) is 5.56 Å². The van der Waals surface area contributed by atoms with Gasteiger partial charge in [-0.25, -0.2) is 0 Å². The van der Waals surface area contributed by atoms with Gasteiger partial charge in [-0.3, -0.25) is 0 Å². The fraction of sp³-hybridized carbons (Fsp3) is 0.385. The molecular formula is C13H16O3. The molecule has 1 aliphatic heterocycles. The Morgan fingerprint density at radius 1 is 1.25 bits per heavy atom. The number of hydrogen-bond donors (Lipinski definition) is 1. The maximum absolute atomic E-state index is 9.73. The summed E-state index contributed by atoms with van der Waals surface area (Å²) in [4.78, 5) is 0. The molecule has 16 heavy (non-hydrogen) atoms. The molecule has 0 aliphatic carbocycles. The second-order valence-corrected chi connectivity index (χ2v) is 4.41. The highest BCUT2D eigenvalue weighted by Gasteiger charge is 2.30. The molecule has 1 heterocycles. The molecule has 86 valence electrons. The molecule has 0 fully saturated rings. The van der Waals surface area contributed by atoms with Crippen molar-refractivity contribution in [3.8, 4) is 0 Å². The van der Waals surface area contributed by atoms with Gasteiger partial charge in [0, 0.05) is 6.42 Å². The number of hydrogen-bond acceptors (Lipinski definition) is 3. The summed E-state index contributed by atoms with van der Waals surface area (Å²) in [5.41, 5.74) is 0.170. The summed E-state index contributed by atoms with van der Waals surface area (Å²) in [6, 6.07) is 9.98. The van der Waals surface area contributed by atoms with Crippen LogP contribution in [0.5, 0.6) is 0 Å². The van der Waals surface area contributed by atoms with Gasteiger partial charge in [0.1, 0.15) is 11.9 Å². The normalized spacial score (nSPS) is 19.9. The molecular weight excluding hydrogens is 204 g/mol. The second kappa shape index (κ2) is 4.18. The van der Waals surface area contributed by atoms with Crippen LogP contribution in [0.15, 0.2) is 42.4 Å². The molecule has 1 N–H and O–H groups in total. The fourth-order valence-corrected chi connectivity index (χ4v) is 1.52. The first-order chi connectivity index (χ1) is 7.55. The van der Waals surface area contributed by atoms with E-state index in [4.69, 9.17) is 9.47 Å². The summed E-state index contributed by atoms with van der Waals surface area (Å²) in [5.74, 6) is 0.480. The third-order valence-electron chi connectivity index (χ3n) is 2.43. The molecule has 0 spiro atoms. The van der Waals surface area contributed by atoms with Crippen LogP contribution in [0.25, 0.3) is 0 Å². The van der Waals surface area contributed by atoms with E-state index >= 15 is 0 Å². The largest absolute Gasteiger partial charge is 0.459 e. The van der Waals surface area contributed by atoms with Crippen LogP contribution < -0.4 is 0 Å². The number of aliphatic hydroxyl groups is 1. The van der Waals surface area contributed by atoms with Gasteiger partial charge in [-0.2, -0.15) is 0 Å². The molecule has 1 aromatic carbocycles. The van der Waals surface area contributed by atoms with Crippen LogP contribution in [-0.4, -0.2) is 17.0 Å². The van der Waals surface area contributed by atoms with Gasteiger partial charge in [0.2, 0.25) is 6.29 Å². The Labute approximate surface area is 95.3 Å². The standard InChI is InChI=1S/C13H16O3/c1-13(2,14)11-9-15-12(16-11)8-10-6-4-3-5-7-10/h3-7,9,12,14H,8H2,1-2H3. The maximum atomic E-state index is 9.73. The number of ether oxygens (including phenoxy) is 2. The molecule has 3 heteroatoms. The average molecular weight is 220 g/mol. The Kier molecular flexibility index (Phi) is 2.88. The lowest BCUT2D eigenvalue weighted by Gasteiger charge is -2.19. The van der Waals surface area contributed by atoms with Crippen LogP contribution >= 0.6 is 0 Å². The molecule has 0 saturated carbocycles. The lowest BCUT2D eigenvalue weighted by Crippen LogP contribution is -2.24. The van der Waals surface area contributed by atoms with Crippen LogP contribution in [0.1, 0.15) is 19.4 Å². The predicted molar refractivity (Wildman–Crippen MR) is 60.5 cm³/mol. The first-order valence-electron chi connectivity index (χ1n) is 5.35. The van der Waals surface area contributed by atoms with Gasteiger partial charge in [-0.05, 0) is 19.4 Å². The van der Waals surface area contributed by atoms with Crippen molar-refractivity contribution in [1.82, 2.24) is 0 Å². The molecule has 0 radical (unpaired) electrons. The highest BCUT2D eigenvalue weighted by atomic mass is 16.7. The number of benzene rings is 1. The van der Waals surface area contributed by atoms with Crippen molar-refractivity contribution < 1.29 is 14.6 Å². The molecule has 0 aromatic heterocycles. The van der Waals surface area contributed by atoms with Crippen molar-refractivity contribution in [2.24, 2.45) is 0 Å². The quantitative estimate of drug-likeness (QED) is 0.848. The van der Waals surface area contributed by atoms with Crippen LogP contribution in [0.2, 0.25) is 0 Å². The van der Waals surface area contributed by atoms with E-state index in [2.05, 4.69) is 0 Å². The third kappa shape index (κ3) is 2.55. The summed E-state index contributed by atoms with van der Waals surface area (Å²) in [7, 11) is 0. The van der Waals surface area contributed by atoms with Crippen molar-refractivity contribution in [3.63, 3.8) is 0 Å². The number of rotatable bonds is 3. The Morgan fingerprint density at radius 3 is 2.50 bits per heavy atom. The van der Waals surface area contributed by atoms with Gasteiger partial charge in [0.25, 0.3) is 0 Å². The zero-order valence-corrected chi connectivity index (χ0v) is 9.51. The highest BCUT2D eigenvalue weighted by Crippen LogP contribution is 2.26. The maximum Gasteiger partial charge on any atom is 0.244 e. The highest BCUT2D eigenvalue weighted by molar-refractivity contribution is 5.16. The van der Waals surface area contributed by atoms with Crippen LogP contribution in [0, 0.1) is 0 Å². The van der Waals surface area contributed by atoms with E-state index in [0.29, 0.717) is 12.2 Å². The molecule has 1 atom stereocenters. The van der Waals surface area contributed by atoms with Crippen molar-refractivity contribution in [3.05, 3.63) is 47.9 Å². The minimum atomic E-state index is -0.981. The second-order valence-electron chi connectivity index (χ2n) is 4.41. The topological polar surface area (TPSA) is 38.7 Å². The minimum absolute atomic E-state index is 0.330. The molecule has 3 nitrogen and oxygen atoms in total. The molecule has 0 bridgehead atoms. The molecule has 1 aromatic rings. The van der Waals surface area contributed by atoms with Crippen molar-refractivity contribution >= 4 is 0 Å². The van der Waals surface area contributed by atoms with E-state index < -0.39 is 5.60 Å². The summed E-state index contributed by atoms with van der Waals surface area (Å²) in [5, 5.41) is 9.73. The van der Waals surface area contributed by atoms with E-state index in [1.54, 1.807) is 13.8 Å². The predicted octanol–water partition coefficient (Wildman–Crippen LogP) is 2.21. The van der Waals surface area contributed by atoms with Crippen LogP contribution in [0.4, 0.5) is 0 Å². The minimum Gasteiger partial charge on any atom is -0.459 e. The van der Waals surface area contributed by atoms with E-state index in [1.165, 1.54) is 6.26 Å². The van der Waals surface area contributed by atoms with Gasteiger partial charge in [0.15, 0.2) is 5.76 Å². The Balaban J connectivity index is 1.93. The summed E-state index contributed by atoms with van der Waals surface area (Å²) in [6.45, 7) is 3.35. The SMILES string of the molecule is CC(C)(O)C1=COC(Cc2ccccc2)O1. The lowest BCUT2D eigenvalue weighted by atomic mass is 10.1. The van der Waals surface area contributed by atoms with Crippen molar-refractivity contribution in [1.29, 1.82) is 0 Å². The molecule has 0 amide bonds. The smallest absolute Gasteiger partial charge is 0.244 e. The zero-order valence-electron chi connectivity index (χ0n) is 9.51. The van der Waals surface area contributed by atoms with E-state index in [9.17, 15) is 5.11 Å².